The number of benzene rings is 4. The topological polar surface area (TPSA) is 27.5 Å². The van der Waals surface area contributed by atoms with E-state index in [1.165, 1.54) is 61.9 Å². The summed E-state index contributed by atoms with van der Waals surface area (Å²) in [4.78, 5) is 2.46. The van der Waals surface area contributed by atoms with E-state index in [-0.39, 0.29) is 10.8 Å². The van der Waals surface area contributed by atoms with Crippen LogP contribution in [0.15, 0.2) is 144 Å². The van der Waals surface area contributed by atoms with Gasteiger partial charge in [0.2, 0.25) is 5.69 Å². The second-order valence-electron chi connectivity index (χ2n) is 15.3. The molecule has 0 unspecified atom stereocenters. The van der Waals surface area contributed by atoms with Crippen molar-refractivity contribution in [3.63, 3.8) is 0 Å². The van der Waals surface area contributed by atoms with E-state index in [9.17, 15) is 0 Å². The van der Waals surface area contributed by atoms with E-state index in [4.69, 9.17) is 4.74 Å². The van der Waals surface area contributed by atoms with Crippen LogP contribution in [0, 0.1) is 13.8 Å². The quantitative estimate of drug-likeness (QED) is 0.134. The van der Waals surface area contributed by atoms with E-state index < -0.39 is 0 Å². The highest BCUT2D eigenvalue weighted by molar-refractivity contribution is 6.03. The van der Waals surface area contributed by atoms with Crippen LogP contribution in [-0.4, -0.2) is 30.5 Å². The Morgan fingerprint density at radius 1 is 0.745 bits per heavy atom. The van der Waals surface area contributed by atoms with Gasteiger partial charge >= 0.3 is 0 Å². The second kappa shape index (κ2) is 14.0. The summed E-state index contributed by atoms with van der Waals surface area (Å²) in [5, 5.41) is 3.76. The summed E-state index contributed by atoms with van der Waals surface area (Å²) in [5.74, 6) is 0. The van der Waals surface area contributed by atoms with Gasteiger partial charge in [0.1, 0.15) is 0 Å². The fourth-order valence-electron chi connectivity index (χ4n) is 8.13. The molecule has 0 atom stereocenters. The molecule has 2 aliphatic heterocycles. The minimum absolute atomic E-state index is 0.105. The minimum Gasteiger partial charge on any atom is -0.384 e. The van der Waals surface area contributed by atoms with E-state index in [0.717, 1.165) is 43.8 Å². The van der Waals surface area contributed by atoms with Gasteiger partial charge in [-0.1, -0.05) is 91.7 Å². The summed E-state index contributed by atoms with van der Waals surface area (Å²) < 4.78 is 8.02. The Morgan fingerprint density at radius 2 is 1.39 bits per heavy atom. The number of anilines is 3. The molecular weight excluding hydrogens is 623 g/mol. The highest BCUT2D eigenvalue weighted by Gasteiger charge is 2.44. The molecule has 0 saturated heterocycles. The van der Waals surface area contributed by atoms with Crippen LogP contribution in [0.1, 0.15) is 69.2 Å². The molecule has 4 nitrogen and oxygen atoms in total. The number of para-hydroxylation sites is 2. The number of rotatable bonds is 10. The zero-order chi connectivity index (χ0) is 35.8. The fraction of sp³-hybridized carbons (Fsp3) is 0.298. The highest BCUT2D eigenvalue weighted by Crippen LogP contribution is 2.46. The average Bonchev–Trinajstić information content (AvgIpc) is 3.70. The van der Waals surface area contributed by atoms with Gasteiger partial charge in [-0.15, -0.1) is 0 Å². The second-order valence-corrected chi connectivity index (χ2v) is 15.3. The Balaban J connectivity index is 1.37. The molecule has 0 aromatic heterocycles. The molecule has 4 aromatic carbocycles. The maximum atomic E-state index is 5.49. The van der Waals surface area contributed by atoms with Crippen LogP contribution in [0.2, 0.25) is 0 Å². The summed E-state index contributed by atoms with van der Waals surface area (Å²) in [6.07, 6.45) is 12.4. The molecule has 1 N–H and O–H groups in total. The van der Waals surface area contributed by atoms with Gasteiger partial charge in [0.15, 0.2) is 12.3 Å². The van der Waals surface area contributed by atoms with Crippen molar-refractivity contribution in [3.05, 3.63) is 166 Å². The standard InChI is InChI=1S/C47H51N3O/c1-33-19-25-41-39(31-33)46(3,4)43(48-41)27-23-35-21-22-36(45(35)50(37-15-10-8-11-16-37)38-17-12-9-13-18-38)24-28-44-47(5,6)40-32-34(2)20-26-42(40)49(44)29-14-30-51-7/h8-13,15-20,23-28,31-32H,14,21-22,29-30H2,1-7H3/p+1. The fourth-order valence-corrected chi connectivity index (χ4v) is 8.13. The van der Waals surface area contributed by atoms with E-state index in [0.29, 0.717) is 0 Å². The number of nitrogens with zero attached hydrogens (tertiary/aromatic N) is 2. The lowest BCUT2D eigenvalue weighted by Gasteiger charge is -2.28. The predicted molar refractivity (Wildman–Crippen MR) is 215 cm³/mol. The number of allylic oxidation sites excluding steroid dienone is 7. The first-order valence-corrected chi connectivity index (χ1v) is 18.5. The van der Waals surface area contributed by atoms with Gasteiger partial charge in [-0.2, -0.15) is 4.58 Å². The van der Waals surface area contributed by atoms with Crippen LogP contribution in [0.4, 0.5) is 22.7 Å². The Bertz CT molecular complexity index is 2050. The summed E-state index contributed by atoms with van der Waals surface area (Å²) in [6.45, 7) is 15.4. The first-order valence-electron chi connectivity index (χ1n) is 18.5. The number of hydrogen-bond donors (Lipinski definition) is 1. The van der Waals surface area contributed by atoms with Crippen LogP contribution in [0.5, 0.6) is 0 Å². The lowest BCUT2D eigenvalue weighted by molar-refractivity contribution is -0.438. The number of hydrogen-bond acceptors (Lipinski definition) is 3. The van der Waals surface area contributed by atoms with Crippen molar-refractivity contribution < 1.29 is 9.31 Å². The number of fused-ring (bicyclic) bond motifs is 2. The van der Waals surface area contributed by atoms with E-state index >= 15 is 0 Å². The minimum atomic E-state index is -0.126. The zero-order valence-electron chi connectivity index (χ0n) is 31.4. The third-order valence-electron chi connectivity index (χ3n) is 11.0. The molecule has 4 aromatic rings. The summed E-state index contributed by atoms with van der Waals surface area (Å²) >= 11 is 0. The molecule has 260 valence electrons. The lowest BCUT2D eigenvalue weighted by atomic mass is 9.80. The highest BCUT2D eigenvalue weighted by atomic mass is 16.5. The third-order valence-corrected chi connectivity index (χ3v) is 11.0. The zero-order valence-corrected chi connectivity index (χ0v) is 31.4. The summed E-state index contributed by atoms with van der Waals surface area (Å²) in [7, 11) is 1.79. The molecule has 1 aliphatic carbocycles. The molecule has 0 bridgehead atoms. The third kappa shape index (κ3) is 6.54. The van der Waals surface area contributed by atoms with Gasteiger partial charge in [0, 0.05) is 59.4 Å². The van der Waals surface area contributed by atoms with Crippen molar-refractivity contribution in [1.82, 2.24) is 0 Å². The van der Waals surface area contributed by atoms with Crippen LogP contribution in [-0.2, 0) is 15.6 Å². The van der Waals surface area contributed by atoms with Crippen molar-refractivity contribution in [1.29, 1.82) is 0 Å². The first-order chi connectivity index (χ1) is 24.6. The smallest absolute Gasteiger partial charge is 0.209 e. The van der Waals surface area contributed by atoms with Crippen LogP contribution < -0.4 is 10.2 Å². The molecule has 3 aliphatic rings. The number of methoxy groups -OCH3 is 1. The molecule has 0 radical (unpaired) electrons. The largest absolute Gasteiger partial charge is 0.384 e. The predicted octanol–water partition coefficient (Wildman–Crippen LogP) is 11.4. The van der Waals surface area contributed by atoms with Gasteiger partial charge in [-0.3, -0.25) is 0 Å². The van der Waals surface area contributed by atoms with Crippen molar-refractivity contribution in [2.45, 2.75) is 71.6 Å². The summed E-state index contributed by atoms with van der Waals surface area (Å²) in [5.41, 5.74) is 16.5. The number of nitrogens with one attached hydrogen (secondary N) is 1. The number of aryl methyl sites for hydroxylation is 2. The molecule has 7 rings (SSSR count). The van der Waals surface area contributed by atoms with Gasteiger partial charge < -0.3 is 15.0 Å². The molecule has 0 fully saturated rings. The Labute approximate surface area is 305 Å². The van der Waals surface area contributed by atoms with Gasteiger partial charge in [0.25, 0.3) is 0 Å². The van der Waals surface area contributed by atoms with Gasteiger partial charge in [0.05, 0.1) is 17.7 Å². The van der Waals surface area contributed by atoms with Crippen molar-refractivity contribution >= 4 is 28.5 Å². The van der Waals surface area contributed by atoms with E-state index in [2.05, 4.69) is 178 Å². The Morgan fingerprint density at radius 3 is 2.06 bits per heavy atom. The van der Waals surface area contributed by atoms with Gasteiger partial charge in [-0.25, -0.2) is 0 Å². The van der Waals surface area contributed by atoms with Crippen LogP contribution in [0.3, 0.4) is 0 Å². The van der Waals surface area contributed by atoms with Crippen molar-refractivity contribution in [2.75, 3.05) is 30.5 Å². The Hall–Kier alpha value is -4.93. The molecular formula is C47H52N3O+. The molecule has 0 amide bonds. The van der Waals surface area contributed by atoms with Crippen molar-refractivity contribution in [3.8, 4) is 0 Å². The van der Waals surface area contributed by atoms with Crippen LogP contribution >= 0.6 is 0 Å². The monoisotopic (exact) mass is 674 g/mol. The number of ether oxygens (including phenoxy) is 1. The molecule has 0 spiro atoms. The average molecular weight is 675 g/mol. The van der Waals surface area contributed by atoms with E-state index in [1.54, 1.807) is 7.11 Å². The van der Waals surface area contributed by atoms with Crippen LogP contribution in [0.25, 0.3) is 0 Å². The molecule has 0 saturated carbocycles. The van der Waals surface area contributed by atoms with Crippen molar-refractivity contribution in [2.24, 2.45) is 0 Å². The maximum absolute atomic E-state index is 5.49. The normalized spacial score (nSPS) is 19.0. The Kier molecular flexibility index (Phi) is 9.48. The lowest BCUT2D eigenvalue weighted by Crippen LogP contribution is -2.28. The molecule has 51 heavy (non-hydrogen) atoms. The SMILES string of the molecule is COCCC[N+]1=C(/C=C/C2=C(N(c3ccccc3)c3ccccc3)C(=C/C=C3/Nc4ccc(C)cc4C3(C)C)/CC2)C(C)(C)c2cc(C)ccc21. The molecule has 4 heteroatoms. The molecule has 2 heterocycles. The summed E-state index contributed by atoms with van der Waals surface area (Å²) in [6, 6.07) is 35.3. The first kappa shape index (κ1) is 34.5. The van der Waals surface area contributed by atoms with Gasteiger partial charge in [-0.05, 0) is 99.7 Å². The van der Waals surface area contributed by atoms with E-state index in [1.807, 2.05) is 0 Å². The maximum Gasteiger partial charge on any atom is 0.209 e.